The van der Waals surface area contributed by atoms with Crippen LogP contribution in [0.15, 0.2) is 60.8 Å². The predicted molar refractivity (Wildman–Crippen MR) is 279 cm³/mol. The molecule has 0 amide bonds. The summed E-state index contributed by atoms with van der Waals surface area (Å²) in [5.41, 5.74) is 0. The molecule has 372 valence electrons. The van der Waals surface area contributed by atoms with E-state index in [1.54, 1.807) is 0 Å². The van der Waals surface area contributed by atoms with E-state index in [4.69, 9.17) is 14.2 Å². The van der Waals surface area contributed by atoms with Crippen molar-refractivity contribution < 1.29 is 23.8 Å². The number of allylic oxidation sites excluding steroid dienone is 10. The highest BCUT2D eigenvalue weighted by Crippen LogP contribution is 2.14. The van der Waals surface area contributed by atoms with Gasteiger partial charge in [-0.25, -0.2) is 0 Å². The first-order chi connectivity index (χ1) is 31.6. The van der Waals surface area contributed by atoms with Crippen LogP contribution < -0.4 is 0 Å². The predicted octanol–water partition coefficient (Wildman–Crippen LogP) is 18.9. The van der Waals surface area contributed by atoms with Crippen molar-refractivity contribution in [1.29, 1.82) is 0 Å². The quantitative estimate of drug-likeness (QED) is 0.0346. The minimum atomic E-state index is -0.551. The van der Waals surface area contributed by atoms with E-state index in [-0.39, 0.29) is 25.2 Å². The molecule has 0 aromatic heterocycles. The lowest BCUT2D eigenvalue weighted by Gasteiger charge is -2.18. The average Bonchev–Trinajstić information content (AvgIpc) is 3.30. The Bertz CT molecular complexity index is 1100. The summed E-state index contributed by atoms with van der Waals surface area (Å²) in [7, 11) is 0. The summed E-state index contributed by atoms with van der Waals surface area (Å²) in [6.45, 7) is 7.76. The van der Waals surface area contributed by atoms with E-state index in [0.717, 1.165) is 77.0 Å². The van der Waals surface area contributed by atoms with Crippen LogP contribution in [0.4, 0.5) is 0 Å². The lowest BCUT2D eigenvalue weighted by atomic mass is 10.1. The highest BCUT2D eigenvalue weighted by Gasteiger charge is 2.17. The van der Waals surface area contributed by atoms with E-state index in [1.807, 2.05) is 0 Å². The van der Waals surface area contributed by atoms with Crippen LogP contribution in [0.5, 0.6) is 0 Å². The summed E-state index contributed by atoms with van der Waals surface area (Å²) >= 11 is 0. The molecular weight excluding hydrogens is 789 g/mol. The Balaban J connectivity index is 4.30. The lowest BCUT2D eigenvalue weighted by molar-refractivity contribution is -0.163. The van der Waals surface area contributed by atoms with Crippen molar-refractivity contribution in [2.24, 2.45) is 0 Å². The van der Waals surface area contributed by atoms with E-state index in [2.05, 4.69) is 81.5 Å². The van der Waals surface area contributed by atoms with E-state index in [0.29, 0.717) is 19.4 Å². The van der Waals surface area contributed by atoms with Crippen LogP contribution in [0.25, 0.3) is 0 Å². The summed E-state index contributed by atoms with van der Waals surface area (Å²) in [5.74, 6) is -0.423. The fourth-order valence-corrected chi connectivity index (χ4v) is 7.80. The second kappa shape index (κ2) is 54.9. The molecule has 0 fully saturated rings. The molecule has 1 unspecified atom stereocenters. The molecule has 0 saturated heterocycles. The zero-order chi connectivity index (χ0) is 46.3. The summed E-state index contributed by atoms with van der Waals surface area (Å²) in [5, 5.41) is 0. The Morgan fingerprint density at radius 1 is 0.344 bits per heavy atom. The molecule has 5 heteroatoms. The summed E-state index contributed by atoms with van der Waals surface area (Å²) in [6, 6.07) is 0. The van der Waals surface area contributed by atoms with E-state index >= 15 is 0 Å². The largest absolute Gasteiger partial charge is 0.462 e. The zero-order valence-electron chi connectivity index (χ0n) is 42.8. The van der Waals surface area contributed by atoms with Gasteiger partial charge in [-0.15, -0.1) is 0 Å². The van der Waals surface area contributed by atoms with Crippen LogP contribution in [-0.4, -0.2) is 37.9 Å². The third-order valence-corrected chi connectivity index (χ3v) is 12.0. The normalized spacial score (nSPS) is 12.6. The zero-order valence-corrected chi connectivity index (χ0v) is 42.8. The number of hydrogen-bond acceptors (Lipinski definition) is 5. The SMILES string of the molecule is CCCCC/C=C\C/C=C\CCCCCCCC(=O)OCC(COCCCCCCCCCC/C=C\CCCCCCCC)OC(=O)CCCCCCC/C=C\C/C=C\CCCCC. The van der Waals surface area contributed by atoms with Gasteiger partial charge in [0, 0.05) is 19.4 Å². The fraction of sp³-hybridized carbons (Fsp3) is 0.797. The Labute approximate surface area is 398 Å². The third-order valence-electron chi connectivity index (χ3n) is 12.0. The van der Waals surface area contributed by atoms with Gasteiger partial charge >= 0.3 is 11.9 Å². The fourth-order valence-electron chi connectivity index (χ4n) is 7.80. The second-order valence-electron chi connectivity index (χ2n) is 18.5. The number of ether oxygens (including phenoxy) is 3. The first-order valence-electron chi connectivity index (χ1n) is 27.8. The molecule has 0 bridgehead atoms. The minimum absolute atomic E-state index is 0.0713. The van der Waals surface area contributed by atoms with E-state index in [1.165, 1.54) is 167 Å². The highest BCUT2D eigenvalue weighted by molar-refractivity contribution is 5.70. The molecule has 0 heterocycles. The molecular formula is C59H106O5. The number of carbonyl (C=O) groups excluding carboxylic acids is 2. The number of carbonyl (C=O) groups is 2. The van der Waals surface area contributed by atoms with Crippen LogP contribution in [0.3, 0.4) is 0 Å². The maximum absolute atomic E-state index is 12.8. The van der Waals surface area contributed by atoms with Gasteiger partial charge in [0.1, 0.15) is 6.61 Å². The van der Waals surface area contributed by atoms with E-state index in [9.17, 15) is 9.59 Å². The molecule has 0 aromatic carbocycles. The van der Waals surface area contributed by atoms with Gasteiger partial charge in [0.25, 0.3) is 0 Å². The van der Waals surface area contributed by atoms with Crippen LogP contribution in [0, 0.1) is 0 Å². The van der Waals surface area contributed by atoms with Gasteiger partial charge in [0.15, 0.2) is 6.10 Å². The van der Waals surface area contributed by atoms with Gasteiger partial charge in [-0.3, -0.25) is 9.59 Å². The minimum Gasteiger partial charge on any atom is -0.462 e. The molecule has 5 nitrogen and oxygen atoms in total. The van der Waals surface area contributed by atoms with Crippen molar-refractivity contribution in [2.75, 3.05) is 19.8 Å². The molecule has 1 atom stereocenters. The third kappa shape index (κ3) is 52.2. The van der Waals surface area contributed by atoms with Crippen molar-refractivity contribution >= 4 is 11.9 Å². The smallest absolute Gasteiger partial charge is 0.306 e. The van der Waals surface area contributed by atoms with Crippen molar-refractivity contribution in [2.45, 2.75) is 284 Å². The first-order valence-corrected chi connectivity index (χ1v) is 27.8. The lowest BCUT2D eigenvalue weighted by Crippen LogP contribution is -2.30. The van der Waals surface area contributed by atoms with Gasteiger partial charge in [0.05, 0.1) is 6.61 Å². The average molecular weight is 895 g/mol. The molecule has 0 N–H and O–H groups in total. The van der Waals surface area contributed by atoms with E-state index < -0.39 is 6.10 Å². The van der Waals surface area contributed by atoms with Gasteiger partial charge in [-0.2, -0.15) is 0 Å². The molecule has 64 heavy (non-hydrogen) atoms. The monoisotopic (exact) mass is 895 g/mol. The number of rotatable bonds is 51. The molecule has 0 aliphatic heterocycles. The summed E-state index contributed by atoms with van der Waals surface area (Å²) < 4.78 is 17.4. The van der Waals surface area contributed by atoms with Crippen molar-refractivity contribution in [1.82, 2.24) is 0 Å². The Kier molecular flexibility index (Phi) is 52.9. The molecule has 0 saturated carbocycles. The van der Waals surface area contributed by atoms with Crippen molar-refractivity contribution in [3.63, 3.8) is 0 Å². The Morgan fingerprint density at radius 2 is 0.656 bits per heavy atom. The van der Waals surface area contributed by atoms with Crippen LogP contribution in [0.2, 0.25) is 0 Å². The van der Waals surface area contributed by atoms with Gasteiger partial charge in [0.2, 0.25) is 0 Å². The maximum atomic E-state index is 12.8. The molecule has 0 aliphatic rings. The summed E-state index contributed by atoms with van der Waals surface area (Å²) in [6.07, 6.45) is 69.4. The van der Waals surface area contributed by atoms with Crippen LogP contribution >= 0.6 is 0 Å². The van der Waals surface area contributed by atoms with Crippen LogP contribution in [-0.2, 0) is 23.8 Å². The van der Waals surface area contributed by atoms with Crippen LogP contribution in [0.1, 0.15) is 278 Å². The molecule has 0 aromatic rings. The number of unbranched alkanes of at least 4 members (excludes halogenated alkanes) is 30. The molecule has 0 aliphatic carbocycles. The van der Waals surface area contributed by atoms with Gasteiger partial charge < -0.3 is 14.2 Å². The van der Waals surface area contributed by atoms with Gasteiger partial charge in [-0.05, 0) is 109 Å². The Hall–Kier alpha value is -2.40. The standard InChI is InChI=1S/C59H106O5/c1-4-7-10-13-16-19-22-25-28-29-30-33-36-39-42-45-48-51-54-62-55-57(64-59(61)53-50-47-44-41-38-35-32-27-24-21-18-15-12-9-6-3)56-63-58(60)52-49-46-43-40-37-34-31-26-23-20-17-14-11-8-5-2/h17-18,20-21,25-28,31-32,57H,4-16,19,22-24,29-30,33-56H2,1-3H3/b20-17-,21-18-,28-25-,31-26-,32-27-. The van der Waals surface area contributed by atoms with Crippen molar-refractivity contribution in [3.05, 3.63) is 60.8 Å². The highest BCUT2D eigenvalue weighted by atomic mass is 16.6. The summed E-state index contributed by atoms with van der Waals surface area (Å²) in [4.78, 5) is 25.5. The topological polar surface area (TPSA) is 61.8 Å². The van der Waals surface area contributed by atoms with Crippen molar-refractivity contribution in [3.8, 4) is 0 Å². The molecule has 0 spiro atoms. The second-order valence-corrected chi connectivity index (χ2v) is 18.5. The number of esters is 2. The molecule has 0 rings (SSSR count). The van der Waals surface area contributed by atoms with Gasteiger partial charge in [-0.1, -0.05) is 216 Å². The molecule has 0 radical (unpaired) electrons. The number of hydrogen-bond donors (Lipinski definition) is 0. The first kappa shape index (κ1) is 61.6. The Morgan fingerprint density at radius 3 is 1.08 bits per heavy atom. The maximum Gasteiger partial charge on any atom is 0.306 e.